The first kappa shape index (κ1) is 12.9. The van der Waals surface area contributed by atoms with Gasteiger partial charge in [0.1, 0.15) is 0 Å². The van der Waals surface area contributed by atoms with Gasteiger partial charge < -0.3 is 10.0 Å². The van der Waals surface area contributed by atoms with Gasteiger partial charge in [0.2, 0.25) is 5.91 Å². The first-order valence-corrected chi connectivity index (χ1v) is 7.41. The van der Waals surface area contributed by atoms with Gasteiger partial charge in [0.25, 0.3) is 0 Å². The molecule has 0 radical (unpaired) electrons. The van der Waals surface area contributed by atoms with E-state index in [0.717, 1.165) is 38.8 Å². The number of hydrogen-bond donors (Lipinski definition) is 1. The molecule has 0 unspecified atom stereocenters. The van der Waals surface area contributed by atoms with Crippen LogP contribution in [0.1, 0.15) is 32.1 Å². The Labute approximate surface area is 113 Å². The van der Waals surface area contributed by atoms with E-state index in [2.05, 4.69) is 4.90 Å². The predicted molar refractivity (Wildman–Crippen MR) is 69.6 cm³/mol. The highest BCUT2D eigenvalue weighted by Crippen LogP contribution is 2.30. The Bertz CT molecular complexity index is 367. The summed E-state index contributed by atoms with van der Waals surface area (Å²) < 4.78 is 0. The summed E-state index contributed by atoms with van der Waals surface area (Å²) in [4.78, 5) is 27.2. The first-order chi connectivity index (χ1) is 9.15. The Morgan fingerprint density at radius 1 is 0.947 bits per heavy atom. The second-order valence-corrected chi connectivity index (χ2v) is 6.17. The topological polar surface area (TPSA) is 60.9 Å². The quantitative estimate of drug-likeness (QED) is 0.820. The molecule has 3 rings (SSSR count). The second-order valence-electron chi connectivity index (χ2n) is 6.17. The molecule has 5 heteroatoms. The molecule has 3 fully saturated rings. The smallest absolute Gasteiger partial charge is 0.309 e. The molecular weight excluding hydrogens is 244 g/mol. The van der Waals surface area contributed by atoms with Gasteiger partial charge in [0, 0.05) is 38.1 Å². The number of likely N-dealkylation sites (tertiary alicyclic amines) is 2. The molecule has 0 spiro atoms. The molecule has 3 aliphatic rings. The lowest BCUT2D eigenvalue weighted by Gasteiger charge is -2.46. The Balaban J connectivity index is 1.42. The summed E-state index contributed by atoms with van der Waals surface area (Å²) in [6.07, 6.45) is 5.36. The standard InChI is InChI=1S/C14H22N2O3/c17-13(10-2-1-3-10)15-6-4-12(5-7-15)16-8-11(9-16)14(18)19/h10-12H,1-9H2,(H,18,19). The fourth-order valence-electron chi connectivity index (χ4n) is 3.33. The molecule has 0 bridgehead atoms. The molecule has 1 amide bonds. The summed E-state index contributed by atoms with van der Waals surface area (Å²) >= 11 is 0. The number of nitrogens with zero attached hydrogens (tertiary/aromatic N) is 2. The van der Waals surface area contributed by atoms with Gasteiger partial charge >= 0.3 is 5.97 Å². The number of piperidine rings is 1. The molecule has 1 N–H and O–H groups in total. The van der Waals surface area contributed by atoms with Crippen LogP contribution in [0.25, 0.3) is 0 Å². The van der Waals surface area contributed by atoms with Crippen molar-refractivity contribution in [2.75, 3.05) is 26.2 Å². The van der Waals surface area contributed by atoms with Crippen molar-refractivity contribution in [1.29, 1.82) is 0 Å². The molecular formula is C14H22N2O3. The van der Waals surface area contributed by atoms with Crippen molar-refractivity contribution in [3.8, 4) is 0 Å². The normalized spacial score (nSPS) is 26.8. The molecule has 2 aliphatic heterocycles. The Morgan fingerprint density at radius 2 is 1.58 bits per heavy atom. The number of carbonyl (C=O) groups excluding carboxylic acids is 1. The van der Waals surface area contributed by atoms with Gasteiger partial charge in [-0.3, -0.25) is 14.5 Å². The molecule has 2 saturated heterocycles. The van der Waals surface area contributed by atoms with E-state index in [1.807, 2.05) is 4.90 Å². The largest absolute Gasteiger partial charge is 0.481 e. The molecule has 19 heavy (non-hydrogen) atoms. The van der Waals surface area contributed by atoms with Crippen molar-refractivity contribution in [2.24, 2.45) is 11.8 Å². The van der Waals surface area contributed by atoms with E-state index in [1.165, 1.54) is 6.42 Å². The molecule has 0 aromatic rings. The van der Waals surface area contributed by atoms with Gasteiger partial charge in [0.15, 0.2) is 0 Å². The Morgan fingerprint density at radius 3 is 2.05 bits per heavy atom. The van der Waals surface area contributed by atoms with Crippen LogP contribution in [-0.2, 0) is 9.59 Å². The summed E-state index contributed by atoms with van der Waals surface area (Å²) in [5, 5.41) is 8.88. The van der Waals surface area contributed by atoms with E-state index in [4.69, 9.17) is 5.11 Å². The maximum atomic E-state index is 12.1. The van der Waals surface area contributed by atoms with Gasteiger partial charge in [-0.15, -0.1) is 0 Å². The third-order valence-electron chi connectivity index (χ3n) is 5.01. The number of rotatable bonds is 3. The van der Waals surface area contributed by atoms with Crippen molar-refractivity contribution < 1.29 is 14.7 Å². The van der Waals surface area contributed by atoms with Crippen LogP contribution in [0.5, 0.6) is 0 Å². The molecule has 0 aromatic heterocycles. The molecule has 106 valence electrons. The number of carboxylic acid groups (broad SMARTS) is 1. The van der Waals surface area contributed by atoms with Crippen LogP contribution < -0.4 is 0 Å². The first-order valence-electron chi connectivity index (χ1n) is 7.41. The molecule has 5 nitrogen and oxygen atoms in total. The van der Waals surface area contributed by atoms with Crippen LogP contribution in [0, 0.1) is 11.8 Å². The summed E-state index contributed by atoms with van der Waals surface area (Å²) in [5.74, 6) is -0.183. The van der Waals surface area contributed by atoms with E-state index in [9.17, 15) is 9.59 Å². The summed E-state index contributed by atoms with van der Waals surface area (Å²) in [6, 6.07) is 0.487. The summed E-state index contributed by atoms with van der Waals surface area (Å²) in [7, 11) is 0. The fourth-order valence-corrected chi connectivity index (χ4v) is 3.33. The lowest BCUT2D eigenvalue weighted by molar-refractivity contribution is -0.149. The monoisotopic (exact) mass is 266 g/mol. The maximum absolute atomic E-state index is 12.1. The number of carbonyl (C=O) groups is 2. The average molecular weight is 266 g/mol. The van der Waals surface area contributed by atoms with Crippen LogP contribution >= 0.6 is 0 Å². The molecule has 0 aromatic carbocycles. The average Bonchev–Trinajstić information content (AvgIpc) is 2.25. The summed E-state index contributed by atoms with van der Waals surface area (Å²) in [5.41, 5.74) is 0. The Hall–Kier alpha value is -1.10. The molecule has 1 saturated carbocycles. The third-order valence-corrected chi connectivity index (χ3v) is 5.01. The van der Waals surface area contributed by atoms with Gasteiger partial charge in [0.05, 0.1) is 5.92 Å². The lowest BCUT2D eigenvalue weighted by Crippen LogP contribution is -2.58. The number of carboxylic acids is 1. The minimum absolute atomic E-state index is 0.172. The molecule has 2 heterocycles. The van der Waals surface area contributed by atoms with E-state index in [1.54, 1.807) is 0 Å². The minimum atomic E-state index is -0.672. The van der Waals surface area contributed by atoms with Crippen molar-refractivity contribution in [3.63, 3.8) is 0 Å². The van der Waals surface area contributed by atoms with Crippen molar-refractivity contribution >= 4 is 11.9 Å². The number of amides is 1. The number of hydrogen-bond acceptors (Lipinski definition) is 3. The van der Waals surface area contributed by atoms with Crippen molar-refractivity contribution in [2.45, 2.75) is 38.1 Å². The zero-order valence-electron chi connectivity index (χ0n) is 11.3. The van der Waals surface area contributed by atoms with E-state index >= 15 is 0 Å². The maximum Gasteiger partial charge on any atom is 0.309 e. The van der Waals surface area contributed by atoms with E-state index in [0.29, 0.717) is 31.0 Å². The van der Waals surface area contributed by atoms with E-state index in [-0.39, 0.29) is 5.92 Å². The third kappa shape index (κ3) is 2.48. The highest BCUT2D eigenvalue weighted by molar-refractivity contribution is 5.79. The zero-order chi connectivity index (χ0) is 13.4. The van der Waals surface area contributed by atoms with Gasteiger partial charge in [-0.05, 0) is 25.7 Å². The predicted octanol–water partition coefficient (Wildman–Crippen LogP) is 0.794. The van der Waals surface area contributed by atoms with Crippen LogP contribution in [0.4, 0.5) is 0 Å². The lowest BCUT2D eigenvalue weighted by atomic mass is 9.83. The van der Waals surface area contributed by atoms with E-state index < -0.39 is 5.97 Å². The number of aliphatic carboxylic acids is 1. The van der Waals surface area contributed by atoms with Gasteiger partial charge in [-0.2, -0.15) is 0 Å². The van der Waals surface area contributed by atoms with Crippen LogP contribution in [0.15, 0.2) is 0 Å². The zero-order valence-corrected chi connectivity index (χ0v) is 11.3. The molecule has 0 atom stereocenters. The fraction of sp³-hybridized carbons (Fsp3) is 0.857. The van der Waals surface area contributed by atoms with Gasteiger partial charge in [-0.25, -0.2) is 0 Å². The van der Waals surface area contributed by atoms with Crippen LogP contribution in [0.2, 0.25) is 0 Å². The Kier molecular flexibility index (Phi) is 3.48. The molecule has 1 aliphatic carbocycles. The van der Waals surface area contributed by atoms with Crippen molar-refractivity contribution in [3.05, 3.63) is 0 Å². The van der Waals surface area contributed by atoms with Crippen LogP contribution in [0.3, 0.4) is 0 Å². The second kappa shape index (κ2) is 5.12. The SMILES string of the molecule is O=C(O)C1CN(C2CCN(C(=O)C3CCC3)CC2)C1. The van der Waals surface area contributed by atoms with Crippen LogP contribution in [-0.4, -0.2) is 59.0 Å². The van der Waals surface area contributed by atoms with Crippen molar-refractivity contribution in [1.82, 2.24) is 9.80 Å². The van der Waals surface area contributed by atoms with Gasteiger partial charge in [-0.1, -0.05) is 6.42 Å². The highest BCUT2D eigenvalue weighted by atomic mass is 16.4. The highest BCUT2D eigenvalue weighted by Gasteiger charge is 2.39. The summed E-state index contributed by atoms with van der Waals surface area (Å²) in [6.45, 7) is 3.09. The minimum Gasteiger partial charge on any atom is -0.481 e.